The van der Waals surface area contributed by atoms with E-state index in [0.717, 1.165) is 30.8 Å². The van der Waals surface area contributed by atoms with E-state index in [-0.39, 0.29) is 5.92 Å². The van der Waals surface area contributed by atoms with E-state index in [2.05, 4.69) is 13.8 Å². The summed E-state index contributed by atoms with van der Waals surface area (Å²) in [7, 11) is 1.66. The maximum atomic E-state index is 11.7. The Balaban J connectivity index is 2.57. The van der Waals surface area contributed by atoms with Crippen molar-refractivity contribution in [1.29, 1.82) is 0 Å². The van der Waals surface area contributed by atoms with Gasteiger partial charge in [-0.15, -0.1) is 0 Å². The molecule has 0 amide bonds. The Morgan fingerprint density at radius 2 is 1.48 bits per heavy atom. The zero-order valence-corrected chi connectivity index (χ0v) is 16.3. The molecule has 0 spiro atoms. The minimum absolute atomic E-state index is 0.118. The number of benzene rings is 1. The van der Waals surface area contributed by atoms with Crippen LogP contribution in [0.25, 0.3) is 0 Å². The topological polar surface area (TPSA) is 35.5 Å². The SMILES string of the molecule is CCCCCC[C@@H](C=O)[C@H](CCCCC)COc1ccc(OC)cc1. The zero-order chi connectivity index (χ0) is 18.3. The highest BCUT2D eigenvalue weighted by molar-refractivity contribution is 5.54. The second kappa shape index (κ2) is 13.7. The fourth-order valence-corrected chi connectivity index (χ4v) is 3.17. The number of carbonyl (C=O) groups is 1. The van der Waals surface area contributed by atoms with Gasteiger partial charge in [0.15, 0.2) is 0 Å². The van der Waals surface area contributed by atoms with Crippen LogP contribution in [0.5, 0.6) is 11.5 Å². The van der Waals surface area contributed by atoms with Gasteiger partial charge < -0.3 is 14.3 Å². The van der Waals surface area contributed by atoms with Crippen LogP contribution in [0.2, 0.25) is 0 Å². The van der Waals surface area contributed by atoms with Crippen LogP contribution in [-0.4, -0.2) is 20.0 Å². The molecule has 3 nitrogen and oxygen atoms in total. The van der Waals surface area contributed by atoms with Gasteiger partial charge in [0.25, 0.3) is 0 Å². The van der Waals surface area contributed by atoms with Crippen molar-refractivity contribution < 1.29 is 14.3 Å². The molecule has 0 aromatic heterocycles. The molecule has 0 saturated carbocycles. The summed E-state index contributed by atoms with van der Waals surface area (Å²) in [6.07, 6.45) is 11.7. The van der Waals surface area contributed by atoms with Crippen LogP contribution >= 0.6 is 0 Å². The van der Waals surface area contributed by atoms with E-state index in [1.165, 1.54) is 44.8 Å². The first-order chi connectivity index (χ1) is 12.2. The summed E-state index contributed by atoms with van der Waals surface area (Å²) in [4.78, 5) is 11.7. The number of carbonyl (C=O) groups excluding carboxylic acids is 1. The van der Waals surface area contributed by atoms with Crippen molar-refractivity contribution in [3.05, 3.63) is 24.3 Å². The number of hydrogen-bond acceptors (Lipinski definition) is 3. The van der Waals surface area contributed by atoms with Gasteiger partial charge in [-0.25, -0.2) is 0 Å². The third-order valence-electron chi connectivity index (χ3n) is 4.87. The number of hydrogen-bond donors (Lipinski definition) is 0. The molecule has 3 heteroatoms. The van der Waals surface area contributed by atoms with E-state index in [1.54, 1.807) is 7.11 Å². The van der Waals surface area contributed by atoms with E-state index in [9.17, 15) is 4.79 Å². The van der Waals surface area contributed by atoms with E-state index in [0.29, 0.717) is 12.5 Å². The predicted octanol–water partition coefficient (Wildman–Crippen LogP) is 6.06. The van der Waals surface area contributed by atoms with Crippen molar-refractivity contribution in [2.24, 2.45) is 11.8 Å². The summed E-state index contributed by atoms with van der Waals surface area (Å²) in [6, 6.07) is 7.67. The molecule has 0 aliphatic rings. The maximum absolute atomic E-state index is 11.7. The number of ether oxygens (including phenoxy) is 2. The molecule has 1 rings (SSSR count). The summed E-state index contributed by atoms with van der Waals surface area (Å²) in [5.41, 5.74) is 0. The standard InChI is InChI=1S/C22H36O3/c1-4-6-8-10-11-19(17-23)20(12-9-7-5-2)18-25-22-15-13-21(24-3)14-16-22/h13-17,19-20H,4-12,18H2,1-3H3/t19-,20+/m0/s1. The normalized spacial score (nSPS) is 13.2. The van der Waals surface area contributed by atoms with Gasteiger partial charge in [0, 0.05) is 11.8 Å². The highest BCUT2D eigenvalue weighted by Gasteiger charge is 2.21. The minimum Gasteiger partial charge on any atom is -0.497 e. The van der Waals surface area contributed by atoms with E-state index >= 15 is 0 Å². The number of methoxy groups -OCH3 is 1. The summed E-state index contributed by atoms with van der Waals surface area (Å²) in [6.45, 7) is 5.05. The highest BCUT2D eigenvalue weighted by Crippen LogP contribution is 2.25. The number of aldehydes is 1. The molecule has 1 aromatic carbocycles. The molecule has 142 valence electrons. The van der Waals surface area contributed by atoms with Crippen LogP contribution in [0.4, 0.5) is 0 Å². The van der Waals surface area contributed by atoms with Crippen molar-refractivity contribution >= 4 is 6.29 Å². The zero-order valence-electron chi connectivity index (χ0n) is 16.3. The van der Waals surface area contributed by atoms with Crippen LogP contribution < -0.4 is 9.47 Å². The Kier molecular flexibility index (Phi) is 11.8. The maximum Gasteiger partial charge on any atom is 0.123 e. The first kappa shape index (κ1) is 21.5. The summed E-state index contributed by atoms with van der Waals surface area (Å²) < 4.78 is 11.2. The Morgan fingerprint density at radius 3 is 2.08 bits per heavy atom. The van der Waals surface area contributed by atoms with E-state index in [1.807, 2.05) is 24.3 Å². The second-order valence-corrected chi connectivity index (χ2v) is 6.89. The van der Waals surface area contributed by atoms with Gasteiger partial charge in [-0.3, -0.25) is 0 Å². The average Bonchev–Trinajstić information content (AvgIpc) is 2.65. The quantitative estimate of drug-likeness (QED) is 0.286. The van der Waals surface area contributed by atoms with Crippen molar-refractivity contribution in [2.75, 3.05) is 13.7 Å². The molecular formula is C22H36O3. The summed E-state index contributed by atoms with van der Waals surface area (Å²) in [5, 5.41) is 0. The van der Waals surface area contributed by atoms with Crippen molar-refractivity contribution in [2.45, 2.75) is 71.6 Å². The van der Waals surface area contributed by atoms with Crippen LogP contribution in [0.15, 0.2) is 24.3 Å². The third-order valence-corrected chi connectivity index (χ3v) is 4.87. The van der Waals surface area contributed by atoms with Gasteiger partial charge in [-0.1, -0.05) is 58.8 Å². The predicted molar refractivity (Wildman–Crippen MR) is 104 cm³/mol. The van der Waals surface area contributed by atoms with Crippen LogP contribution in [0.3, 0.4) is 0 Å². The molecule has 0 bridgehead atoms. The highest BCUT2D eigenvalue weighted by atomic mass is 16.5. The summed E-state index contributed by atoms with van der Waals surface area (Å²) in [5.74, 6) is 2.10. The van der Waals surface area contributed by atoms with E-state index in [4.69, 9.17) is 9.47 Å². The molecule has 0 unspecified atom stereocenters. The molecule has 0 aliphatic heterocycles. The average molecular weight is 349 g/mol. The smallest absolute Gasteiger partial charge is 0.123 e. The van der Waals surface area contributed by atoms with Gasteiger partial charge >= 0.3 is 0 Å². The van der Waals surface area contributed by atoms with Crippen molar-refractivity contribution in [3.8, 4) is 11.5 Å². The molecule has 2 atom stereocenters. The number of unbranched alkanes of at least 4 members (excludes halogenated alkanes) is 5. The van der Waals surface area contributed by atoms with Gasteiger partial charge in [-0.05, 0) is 37.1 Å². The lowest BCUT2D eigenvalue weighted by atomic mass is 9.85. The van der Waals surface area contributed by atoms with Crippen LogP contribution in [0, 0.1) is 11.8 Å². The molecule has 0 heterocycles. The second-order valence-electron chi connectivity index (χ2n) is 6.89. The Morgan fingerprint density at radius 1 is 0.880 bits per heavy atom. The fraction of sp³-hybridized carbons (Fsp3) is 0.682. The van der Waals surface area contributed by atoms with Gasteiger partial charge in [0.2, 0.25) is 0 Å². The van der Waals surface area contributed by atoms with Crippen molar-refractivity contribution in [1.82, 2.24) is 0 Å². The molecule has 0 saturated heterocycles. The first-order valence-electron chi connectivity index (χ1n) is 9.97. The molecule has 0 fully saturated rings. The van der Waals surface area contributed by atoms with Crippen LogP contribution in [0.1, 0.15) is 71.6 Å². The van der Waals surface area contributed by atoms with Gasteiger partial charge in [-0.2, -0.15) is 0 Å². The lowest BCUT2D eigenvalue weighted by Gasteiger charge is -2.23. The Labute approximate surface area is 154 Å². The van der Waals surface area contributed by atoms with Crippen LogP contribution in [-0.2, 0) is 4.79 Å². The lowest BCUT2D eigenvalue weighted by Crippen LogP contribution is -2.23. The van der Waals surface area contributed by atoms with E-state index < -0.39 is 0 Å². The minimum atomic E-state index is 0.118. The summed E-state index contributed by atoms with van der Waals surface area (Å²) >= 11 is 0. The number of rotatable bonds is 15. The Bertz CT molecular complexity index is 441. The Hall–Kier alpha value is -1.51. The largest absolute Gasteiger partial charge is 0.497 e. The molecule has 1 aromatic rings. The molecular weight excluding hydrogens is 312 g/mol. The third kappa shape index (κ3) is 8.94. The van der Waals surface area contributed by atoms with Gasteiger partial charge in [0.05, 0.1) is 13.7 Å². The fourth-order valence-electron chi connectivity index (χ4n) is 3.17. The van der Waals surface area contributed by atoms with Crippen molar-refractivity contribution in [3.63, 3.8) is 0 Å². The monoisotopic (exact) mass is 348 g/mol. The molecule has 0 radical (unpaired) electrons. The lowest BCUT2D eigenvalue weighted by molar-refractivity contribution is -0.113. The van der Waals surface area contributed by atoms with Gasteiger partial charge in [0.1, 0.15) is 17.8 Å². The molecule has 25 heavy (non-hydrogen) atoms. The molecule has 0 aliphatic carbocycles. The molecule has 0 N–H and O–H groups in total. The first-order valence-corrected chi connectivity index (χ1v) is 9.97.